The van der Waals surface area contributed by atoms with Gasteiger partial charge in [0, 0.05) is 11.0 Å². The van der Waals surface area contributed by atoms with E-state index in [1.54, 1.807) is 24.3 Å². The molecule has 0 radical (unpaired) electrons. The number of methoxy groups -OCH3 is 1. The maximum atomic E-state index is 14.9. The fraction of sp³-hybridized carbons (Fsp3) is 0.344. The number of halogens is 1. The second-order valence-electron chi connectivity index (χ2n) is 10.1. The van der Waals surface area contributed by atoms with Gasteiger partial charge in [0.25, 0.3) is 0 Å². The molecule has 5 nitrogen and oxygen atoms in total. The minimum absolute atomic E-state index is 0.0694. The number of carbonyl (C=O) groups is 1. The van der Waals surface area contributed by atoms with E-state index in [4.69, 9.17) is 9.47 Å². The largest absolute Gasteiger partial charge is 0.497 e. The van der Waals surface area contributed by atoms with Gasteiger partial charge in [-0.1, -0.05) is 57.5 Å². The van der Waals surface area contributed by atoms with Gasteiger partial charge < -0.3 is 19.7 Å². The lowest BCUT2D eigenvalue weighted by Gasteiger charge is -2.29. The van der Waals surface area contributed by atoms with Crippen LogP contribution >= 0.6 is 0 Å². The molecule has 0 amide bonds. The van der Waals surface area contributed by atoms with Crippen molar-refractivity contribution in [2.45, 2.75) is 58.7 Å². The number of benzene rings is 3. The van der Waals surface area contributed by atoms with Crippen LogP contribution in [0.4, 0.5) is 4.39 Å². The Morgan fingerprint density at radius 3 is 2.50 bits per heavy atom. The summed E-state index contributed by atoms with van der Waals surface area (Å²) in [7, 11) is 1.52. The Bertz CT molecular complexity index is 1270. The van der Waals surface area contributed by atoms with Gasteiger partial charge in [0.15, 0.2) is 0 Å². The summed E-state index contributed by atoms with van der Waals surface area (Å²) in [5.74, 6) is -0.178. The number of rotatable bonds is 13. The predicted octanol–water partition coefficient (Wildman–Crippen LogP) is 7.68. The molecule has 0 fully saturated rings. The van der Waals surface area contributed by atoms with E-state index in [9.17, 15) is 19.4 Å². The molecule has 0 aliphatic heterocycles. The molecule has 0 aliphatic rings. The smallest absolute Gasteiger partial charge is 0.303 e. The zero-order chi connectivity index (χ0) is 27.9. The molecule has 0 heterocycles. The minimum Gasteiger partial charge on any atom is -0.497 e. The Labute approximate surface area is 224 Å². The van der Waals surface area contributed by atoms with E-state index in [1.165, 1.54) is 13.2 Å². The first-order chi connectivity index (χ1) is 18.1. The molecule has 3 rings (SSSR count). The Balaban J connectivity index is 1.94. The average molecular weight is 521 g/mol. The summed E-state index contributed by atoms with van der Waals surface area (Å²) in [5, 5.41) is 20.6. The molecule has 202 valence electrons. The number of aliphatic carboxylic acids is 1. The van der Waals surface area contributed by atoms with Crippen LogP contribution in [0, 0.1) is 11.2 Å². The Morgan fingerprint density at radius 1 is 1.08 bits per heavy atom. The van der Waals surface area contributed by atoms with Crippen molar-refractivity contribution in [3.63, 3.8) is 0 Å². The summed E-state index contributed by atoms with van der Waals surface area (Å²) in [5.41, 5.74) is 2.51. The summed E-state index contributed by atoms with van der Waals surface area (Å²) in [6, 6.07) is 17.5. The first kappa shape index (κ1) is 28.9. The second kappa shape index (κ2) is 12.7. The highest BCUT2D eigenvalue weighted by Crippen LogP contribution is 2.41. The van der Waals surface area contributed by atoms with Crippen molar-refractivity contribution in [1.29, 1.82) is 0 Å². The minimum atomic E-state index is -0.949. The first-order valence-electron chi connectivity index (χ1n) is 12.8. The van der Waals surface area contributed by atoms with Gasteiger partial charge in [-0.25, -0.2) is 4.39 Å². The third-order valence-electron chi connectivity index (χ3n) is 6.90. The monoisotopic (exact) mass is 520 g/mol. The predicted molar refractivity (Wildman–Crippen MR) is 148 cm³/mol. The van der Waals surface area contributed by atoms with Crippen LogP contribution in [-0.4, -0.2) is 23.3 Å². The van der Waals surface area contributed by atoms with Crippen LogP contribution in [0.15, 0.2) is 73.3 Å². The summed E-state index contributed by atoms with van der Waals surface area (Å²) < 4.78 is 26.3. The Hall–Kier alpha value is -3.64. The molecule has 0 saturated carbocycles. The topological polar surface area (TPSA) is 76.0 Å². The molecule has 38 heavy (non-hydrogen) atoms. The normalized spacial score (nSPS) is 13.0. The zero-order valence-corrected chi connectivity index (χ0v) is 22.5. The van der Waals surface area contributed by atoms with Gasteiger partial charge >= 0.3 is 5.97 Å². The van der Waals surface area contributed by atoms with Gasteiger partial charge in [-0.3, -0.25) is 4.79 Å². The Morgan fingerprint density at radius 2 is 1.84 bits per heavy atom. The summed E-state index contributed by atoms with van der Waals surface area (Å²) in [6.07, 6.45) is 2.46. The number of aliphatic hydroxyl groups is 1. The number of carboxylic acids is 1. The standard InChI is InChI=1S/C32H37FO5/c1-6-9-22(18-30(34)35)23-10-8-11-25(17-23)38-20-21-12-14-26(27-19-24(37-5)13-15-29(27)33)28(16-21)31(36)32(3,4)7-2/h7-8,10-17,19,22,31,36H,2,6,9,18,20H2,1,3-5H3,(H,34,35)/t22-,31+/m0/s1. The highest BCUT2D eigenvalue weighted by molar-refractivity contribution is 5.71. The number of ether oxygens (including phenoxy) is 2. The maximum Gasteiger partial charge on any atom is 0.303 e. The highest BCUT2D eigenvalue weighted by atomic mass is 19.1. The van der Waals surface area contributed by atoms with E-state index in [2.05, 4.69) is 6.58 Å². The van der Waals surface area contributed by atoms with Crippen LogP contribution in [0.5, 0.6) is 11.5 Å². The van der Waals surface area contributed by atoms with Crippen molar-refractivity contribution in [2.75, 3.05) is 7.11 Å². The van der Waals surface area contributed by atoms with Crippen LogP contribution in [-0.2, 0) is 11.4 Å². The molecular weight excluding hydrogens is 483 g/mol. The van der Waals surface area contributed by atoms with Gasteiger partial charge in [-0.2, -0.15) is 0 Å². The molecule has 2 atom stereocenters. The number of hydrogen-bond acceptors (Lipinski definition) is 4. The third kappa shape index (κ3) is 7.01. The van der Waals surface area contributed by atoms with E-state index in [0.29, 0.717) is 28.2 Å². The summed E-state index contributed by atoms with van der Waals surface area (Å²) in [6.45, 7) is 9.86. The van der Waals surface area contributed by atoms with Gasteiger partial charge in [-0.05, 0) is 71.0 Å². The van der Waals surface area contributed by atoms with Crippen LogP contribution < -0.4 is 9.47 Å². The third-order valence-corrected chi connectivity index (χ3v) is 6.90. The molecule has 2 N–H and O–H groups in total. The quantitative estimate of drug-likeness (QED) is 0.226. The highest BCUT2D eigenvalue weighted by Gasteiger charge is 2.29. The van der Waals surface area contributed by atoms with E-state index in [1.807, 2.05) is 57.2 Å². The summed E-state index contributed by atoms with van der Waals surface area (Å²) in [4.78, 5) is 11.3. The molecule has 0 aliphatic carbocycles. The lowest BCUT2D eigenvalue weighted by molar-refractivity contribution is -0.137. The van der Waals surface area contributed by atoms with Gasteiger partial charge in [-0.15, -0.1) is 6.58 Å². The second-order valence-corrected chi connectivity index (χ2v) is 10.1. The van der Waals surface area contributed by atoms with E-state index >= 15 is 0 Å². The van der Waals surface area contributed by atoms with E-state index in [0.717, 1.165) is 24.0 Å². The van der Waals surface area contributed by atoms with Gasteiger partial charge in [0.2, 0.25) is 0 Å². The van der Waals surface area contributed by atoms with Crippen molar-refractivity contribution >= 4 is 5.97 Å². The van der Waals surface area contributed by atoms with Crippen LogP contribution in [0.1, 0.15) is 68.7 Å². The lowest BCUT2D eigenvalue weighted by Crippen LogP contribution is -2.20. The van der Waals surface area contributed by atoms with Crippen molar-refractivity contribution in [3.05, 3.63) is 95.8 Å². The molecule has 0 bridgehead atoms. The molecule has 0 unspecified atom stereocenters. The number of aliphatic hydroxyl groups excluding tert-OH is 1. The van der Waals surface area contributed by atoms with Crippen LogP contribution in [0.2, 0.25) is 0 Å². The lowest BCUT2D eigenvalue weighted by atomic mass is 9.79. The van der Waals surface area contributed by atoms with Gasteiger partial charge in [0.05, 0.1) is 19.6 Å². The molecular formula is C32H37FO5. The molecule has 0 aromatic heterocycles. The average Bonchev–Trinajstić information content (AvgIpc) is 2.91. The van der Waals surface area contributed by atoms with Crippen molar-refractivity contribution in [1.82, 2.24) is 0 Å². The first-order valence-corrected chi connectivity index (χ1v) is 12.8. The molecule has 3 aromatic rings. The van der Waals surface area contributed by atoms with Crippen molar-refractivity contribution in [3.8, 4) is 22.6 Å². The fourth-order valence-electron chi connectivity index (χ4n) is 4.49. The fourth-order valence-corrected chi connectivity index (χ4v) is 4.49. The van der Waals surface area contributed by atoms with Crippen molar-refractivity contribution < 1.29 is 28.9 Å². The maximum absolute atomic E-state index is 14.9. The van der Waals surface area contributed by atoms with E-state index < -0.39 is 23.3 Å². The molecule has 0 spiro atoms. The number of carboxylic acid groups (broad SMARTS) is 1. The molecule has 6 heteroatoms. The van der Waals surface area contributed by atoms with Crippen LogP contribution in [0.3, 0.4) is 0 Å². The zero-order valence-electron chi connectivity index (χ0n) is 22.5. The molecule has 3 aromatic carbocycles. The molecule has 0 saturated heterocycles. The van der Waals surface area contributed by atoms with E-state index in [-0.39, 0.29) is 18.9 Å². The van der Waals surface area contributed by atoms with Crippen molar-refractivity contribution in [2.24, 2.45) is 5.41 Å². The summed E-state index contributed by atoms with van der Waals surface area (Å²) >= 11 is 0. The SMILES string of the molecule is C=CC(C)(C)[C@H](O)c1cc(COc2cccc([C@@H](CCC)CC(=O)O)c2)ccc1-c1cc(OC)ccc1F. The van der Waals surface area contributed by atoms with Gasteiger partial charge in [0.1, 0.15) is 23.9 Å². The number of hydrogen-bond donors (Lipinski definition) is 2. The van der Waals surface area contributed by atoms with Crippen LogP contribution in [0.25, 0.3) is 11.1 Å². The Kier molecular flexibility index (Phi) is 9.70.